The molecule has 18 heavy (non-hydrogen) atoms. The monoisotopic (exact) mass is 244 g/mol. The van der Waals surface area contributed by atoms with Crippen molar-refractivity contribution >= 4 is 22.6 Å². The van der Waals surface area contributed by atoms with Gasteiger partial charge in [0.15, 0.2) is 6.61 Å². The maximum Gasteiger partial charge on any atom is 0.274 e. The fourth-order valence-corrected chi connectivity index (χ4v) is 1.56. The second-order valence-corrected chi connectivity index (χ2v) is 3.75. The van der Waals surface area contributed by atoms with Crippen LogP contribution in [0.2, 0.25) is 0 Å². The fourth-order valence-electron chi connectivity index (χ4n) is 1.56. The highest BCUT2D eigenvalue weighted by atomic mass is 16.7. The molecule has 5 heteroatoms. The van der Waals surface area contributed by atoms with E-state index in [0.29, 0.717) is 5.56 Å². The van der Waals surface area contributed by atoms with Gasteiger partial charge in [0, 0.05) is 5.56 Å². The van der Waals surface area contributed by atoms with Crippen LogP contribution in [-0.2, 0) is 9.63 Å². The molecule has 0 fully saturated rings. The first-order valence-corrected chi connectivity index (χ1v) is 5.36. The predicted octanol–water partition coefficient (Wildman–Crippen LogP) is 0.987. The highest BCUT2D eigenvalue weighted by Gasteiger charge is 2.06. The van der Waals surface area contributed by atoms with Crippen molar-refractivity contribution in [2.45, 2.75) is 0 Å². The van der Waals surface area contributed by atoms with Crippen LogP contribution in [0.3, 0.4) is 0 Å². The minimum atomic E-state index is -0.645. The molecular formula is C13H12N2O3. The van der Waals surface area contributed by atoms with Crippen LogP contribution in [0.15, 0.2) is 42.5 Å². The Morgan fingerprint density at radius 1 is 1.11 bits per heavy atom. The summed E-state index contributed by atoms with van der Waals surface area (Å²) in [4.78, 5) is 26.8. The van der Waals surface area contributed by atoms with Crippen LogP contribution in [-0.4, -0.2) is 18.4 Å². The summed E-state index contributed by atoms with van der Waals surface area (Å²) in [6.45, 7) is -0.348. The van der Waals surface area contributed by atoms with Crippen LogP contribution in [0.4, 0.5) is 0 Å². The first-order valence-electron chi connectivity index (χ1n) is 5.36. The van der Waals surface area contributed by atoms with Gasteiger partial charge in [-0.3, -0.25) is 14.4 Å². The summed E-state index contributed by atoms with van der Waals surface area (Å²) in [7, 11) is 0. The highest BCUT2D eigenvalue weighted by molar-refractivity contribution is 5.98. The molecule has 2 rings (SSSR count). The molecule has 0 unspecified atom stereocenters. The van der Waals surface area contributed by atoms with Crippen molar-refractivity contribution in [3.05, 3.63) is 48.0 Å². The van der Waals surface area contributed by atoms with Crippen molar-refractivity contribution in [3.63, 3.8) is 0 Å². The van der Waals surface area contributed by atoms with Crippen LogP contribution in [0.25, 0.3) is 10.8 Å². The predicted molar refractivity (Wildman–Crippen MR) is 66.6 cm³/mol. The van der Waals surface area contributed by atoms with Gasteiger partial charge in [0.2, 0.25) is 5.91 Å². The molecule has 2 aromatic rings. The van der Waals surface area contributed by atoms with E-state index in [1.807, 2.05) is 30.3 Å². The van der Waals surface area contributed by atoms with Gasteiger partial charge in [-0.25, -0.2) is 5.48 Å². The number of carbonyl (C=O) groups excluding carboxylic acids is 2. The topological polar surface area (TPSA) is 81.4 Å². The number of hydrogen-bond acceptors (Lipinski definition) is 3. The largest absolute Gasteiger partial charge is 0.368 e. The Hall–Kier alpha value is -2.40. The number of primary amides is 1. The summed E-state index contributed by atoms with van der Waals surface area (Å²) in [6.07, 6.45) is 0. The summed E-state index contributed by atoms with van der Waals surface area (Å²) in [5.74, 6) is -1.06. The number of nitrogens with two attached hydrogens (primary N) is 1. The molecule has 0 heterocycles. The number of carbonyl (C=O) groups is 2. The summed E-state index contributed by atoms with van der Waals surface area (Å²) in [5.41, 5.74) is 7.49. The van der Waals surface area contributed by atoms with Crippen LogP contribution < -0.4 is 11.2 Å². The lowest BCUT2D eigenvalue weighted by atomic mass is 10.1. The molecule has 0 aliphatic rings. The Balaban J connectivity index is 2.10. The Bertz CT molecular complexity index is 596. The average Bonchev–Trinajstić information content (AvgIpc) is 2.37. The van der Waals surface area contributed by atoms with Gasteiger partial charge in [-0.2, -0.15) is 0 Å². The molecule has 0 aromatic heterocycles. The fraction of sp³-hybridized carbons (Fsp3) is 0.0769. The van der Waals surface area contributed by atoms with Crippen LogP contribution >= 0.6 is 0 Å². The Morgan fingerprint density at radius 3 is 2.56 bits per heavy atom. The van der Waals surface area contributed by atoms with Gasteiger partial charge in [0.05, 0.1) is 0 Å². The van der Waals surface area contributed by atoms with E-state index in [4.69, 9.17) is 5.73 Å². The number of rotatable bonds is 4. The number of amides is 2. The van der Waals surface area contributed by atoms with E-state index in [-0.39, 0.29) is 6.61 Å². The summed E-state index contributed by atoms with van der Waals surface area (Å²) in [5, 5.41) is 2.01. The lowest BCUT2D eigenvalue weighted by Crippen LogP contribution is -2.29. The standard InChI is InChI=1S/C13H12N2O3/c14-12(16)8-18-15-13(17)11-6-5-9-3-1-2-4-10(9)7-11/h1-7H,8H2,(H2,14,16)(H,15,17). The molecule has 0 bridgehead atoms. The van der Waals surface area contributed by atoms with E-state index in [9.17, 15) is 9.59 Å². The molecular weight excluding hydrogens is 232 g/mol. The molecule has 5 nitrogen and oxygen atoms in total. The first kappa shape index (κ1) is 12.1. The zero-order valence-corrected chi connectivity index (χ0v) is 9.55. The molecule has 3 N–H and O–H groups in total. The van der Waals surface area contributed by atoms with E-state index in [0.717, 1.165) is 10.8 Å². The number of hydroxylamine groups is 1. The van der Waals surface area contributed by atoms with Gasteiger partial charge < -0.3 is 5.73 Å². The zero-order valence-electron chi connectivity index (χ0n) is 9.55. The molecule has 0 atom stereocenters. The Labute approximate surface area is 103 Å². The van der Waals surface area contributed by atoms with E-state index in [1.54, 1.807) is 12.1 Å². The van der Waals surface area contributed by atoms with Crippen molar-refractivity contribution < 1.29 is 14.4 Å². The van der Waals surface area contributed by atoms with Gasteiger partial charge in [-0.05, 0) is 22.9 Å². The molecule has 92 valence electrons. The lowest BCUT2D eigenvalue weighted by molar-refractivity contribution is -0.124. The summed E-state index contributed by atoms with van der Waals surface area (Å²) < 4.78 is 0. The maximum absolute atomic E-state index is 11.7. The Morgan fingerprint density at radius 2 is 1.83 bits per heavy atom. The van der Waals surface area contributed by atoms with Crippen LogP contribution in [0.5, 0.6) is 0 Å². The quantitative estimate of drug-likeness (QED) is 0.787. The molecule has 2 amide bonds. The third-order valence-corrected chi connectivity index (χ3v) is 2.39. The van der Waals surface area contributed by atoms with E-state index >= 15 is 0 Å². The summed E-state index contributed by atoms with van der Waals surface area (Å²) in [6, 6.07) is 13.0. The van der Waals surface area contributed by atoms with Crippen molar-refractivity contribution in [1.29, 1.82) is 0 Å². The SMILES string of the molecule is NC(=O)CONC(=O)c1ccc2ccccc2c1. The average molecular weight is 244 g/mol. The van der Waals surface area contributed by atoms with Crippen LogP contribution in [0.1, 0.15) is 10.4 Å². The van der Waals surface area contributed by atoms with Gasteiger partial charge in [-0.15, -0.1) is 0 Å². The number of hydrogen-bond donors (Lipinski definition) is 2. The van der Waals surface area contributed by atoms with Gasteiger partial charge in [0.1, 0.15) is 0 Å². The zero-order chi connectivity index (χ0) is 13.0. The van der Waals surface area contributed by atoms with Gasteiger partial charge in [0.25, 0.3) is 5.91 Å². The highest BCUT2D eigenvalue weighted by Crippen LogP contribution is 2.15. The molecule has 0 saturated heterocycles. The number of fused-ring (bicyclic) bond motifs is 1. The normalized spacial score (nSPS) is 10.2. The lowest BCUT2D eigenvalue weighted by Gasteiger charge is -2.05. The molecule has 0 aliphatic heterocycles. The van der Waals surface area contributed by atoms with Crippen molar-refractivity contribution in [3.8, 4) is 0 Å². The van der Waals surface area contributed by atoms with E-state index in [1.165, 1.54) is 0 Å². The van der Waals surface area contributed by atoms with Gasteiger partial charge >= 0.3 is 0 Å². The van der Waals surface area contributed by atoms with Crippen molar-refractivity contribution in [2.24, 2.45) is 5.73 Å². The van der Waals surface area contributed by atoms with Gasteiger partial charge in [-0.1, -0.05) is 30.3 Å². The van der Waals surface area contributed by atoms with Crippen molar-refractivity contribution in [1.82, 2.24) is 5.48 Å². The van der Waals surface area contributed by atoms with E-state index in [2.05, 4.69) is 10.3 Å². The smallest absolute Gasteiger partial charge is 0.274 e. The maximum atomic E-state index is 11.7. The van der Waals surface area contributed by atoms with Crippen molar-refractivity contribution in [2.75, 3.05) is 6.61 Å². The van der Waals surface area contributed by atoms with Crippen LogP contribution in [0, 0.1) is 0 Å². The third-order valence-electron chi connectivity index (χ3n) is 2.39. The molecule has 0 saturated carbocycles. The summed E-state index contributed by atoms with van der Waals surface area (Å²) >= 11 is 0. The number of benzene rings is 2. The second kappa shape index (κ2) is 5.29. The molecule has 0 radical (unpaired) electrons. The third kappa shape index (κ3) is 2.83. The second-order valence-electron chi connectivity index (χ2n) is 3.75. The van der Waals surface area contributed by atoms with E-state index < -0.39 is 11.8 Å². The number of nitrogens with one attached hydrogen (secondary N) is 1. The minimum Gasteiger partial charge on any atom is -0.368 e. The minimum absolute atomic E-state index is 0.348. The first-order chi connectivity index (χ1) is 8.66. The molecule has 0 spiro atoms. The Kier molecular flexibility index (Phi) is 3.54. The molecule has 2 aromatic carbocycles. The molecule has 0 aliphatic carbocycles.